The van der Waals surface area contributed by atoms with Gasteiger partial charge in [-0.2, -0.15) is 0 Å². The highest BCUT2D eigenvalue weighted by atomic mass is 19.1. The van der Waals surface area contributed by atoms with E-state index in [2.05, 4.69) is 51.1 Å². The van der Waals surface area contributed by atoms with Crippen molar-refractivity contribution in [3.8, 4) is 0 Å². The molecule has 1 aromatic rings. The Morgan fingerprint density at radius 3 is 1.79 bits per heavy atom. The first-order valence-corrected chi connectivity index (χ1v) is 4.50. The fourth-order valence-electron chi connectivity index (χ4n) is 1.21. The summed E-state index contributed by atoms with van der Waals surface area (Å²) in [5.41, 5.74) is 1.83. The first-order valence-electron chi connectivity index (χ1n) is 4.50. The van der Waals surface area contributed by atoms with Crippen molar-refractivity contribution in [2.75, 3.05) is 7.18 Å². The Morgan fingerprint density at radius 1 is 1.00 bits per heavy atom. The minimum atomic E-state index is 0. The molecule has 0 amide bonds. The fraction of sp³-hybridized carbons (Fsp3) is 0.538. The molecule has 82 valence electrons. The number of halogens is 1. The molecule has 0 fully saturated rings. The lowest BCUT2D eigenvalue weighted by Crippen LogP contribution is -2.08. The van der Waals surface area contributed by atoms with Gasteiger partial charge in [0.1, 0.15) is 0 Å². The lowest BCUT2D eigenvalue weighted by molar-refractivity contribution is 0.411. The first-order chi connectivity index (χ1) is 6.08. The van der Waals surface area contributed by atoms with E-state index in [4.69, 9.17) is 0 Å². The van der Waals surface area contributed by atoms with Crippen LogP contribution in [0.15, 0.2) is 30.3 Å². The van der Waals surface area contributed by atoms with E-state index < -0.39 is 0 Å². The third kappa shape index (κ3) is 7.78. The van der Waals surface area contributed by atoms with E-state index in [0.717, 1.165) is 6.42 Å². The van der Waals surface area contributed by atoms with Crippen molar-refractivity contribution in [1.82, 2.24) is 0 Å². The van der Waals surface area contributed by atoms with Crippen molar-refractivity contribution in [2.45, 2.75) is 34.6 Å². The monoisotopic (exact) mass is 198 g/mol. The van der Waals surface area contributed by atoms with Crippen LogP contribution in [0.2, 0.25) is 0 Å². The Kier molecular flexibility index (Phi) is 8.41. The maximum atomic E-state index is 9.50. The number of hydrogen-bond donors (Lipinski definition) is 0. The van der Waals surface area contributed by atoms with Gasteiger partial charge < -0.3 is 0 Å². The Hall–Kier alpha value is -0.850. The van der Waals surface area contributed by atoms with E-state index in [-0.39, 0.29) is 7.43 Å². The molecular weight excluding hydrogens is 175 g/mol. The number of alkyl halides is 1. The van der Waals surface area contributed by atoms with E-state index in [0.29, 0.717) is 12.6 Å². The van der Waals surface area contributed by atoms with Gasteiger partial charge in [-0.25, -0.2) is 0 Å². The molecule has 0 heterocycles. The molecule has 0 aliphatic heterocycles. The summed E-state index contributed by atoms with van der Waals surface area (Å²) >= 11 is 0. The topological polar surface area (TPSA) is 0 Å². The van der Waals surface area contributed by atoms with Crippen LogP contribution in [0.5, 0.6) is 0 Å². The van der Waals surface area contributed by atoms with Crippen LogP contribution < -0.4 is 0 Å². The molecule has 0 saturated heterocycles. The molecule has 0 bridgehead atoms. The van der Waals surface area contributed by atoms with Crippen molar-refractivity contribution in [2.24, 2.45) is 5.41 Å². The SMILES string of the molecule is C.CC(C)(C)Cc1ccccc1.CF. The van der Waals surface area contributed by atoms with Gasteiger partial charge in [0, 0.05) is 0 Å². The van der Waals surface area contributed by atoms with E-state index in [1.54, 1.807) is 0 Å². The third-order valence-electron chi connectivity index (χ3n) is 1.58. The summed E-state index contributed by atoms with van der Waals surface area (Å²) in [4.78, 5) is 0. The number of rotatable bonds is 1. The standard InChI is InChI=1S/C11H16.CH3F.CH4/c1-11(2,3)9-10-7-5-4-6-8-10;1-2;/h4-8H,9H2,1-3H3;1H3;1H4. The zero-order valence-corrected chi connectivity index (χ0v) is 8.97. The zero-order valence-electron chi connectivity index (χ0n) is 8.97. The summed E-state index contributed by atoms with van der Waals surface area (Å²) in [6, 6.07) is 10.6. The normalized spacial score (nSPS) is 9.50. The molecule has 1 aromatic carbocycles. The van der Waals surface area contributed by atoms with E-state index in [9.17, 15) is 4.39 Å². The molecule has 0 nitrogen and oxygen atoms in total. The molecule has 0 aliphatic carbocycles. The summed E-state index contributed by atoms with van der Waals surface area (Å²) in [7, 11) is 0.500. The predicted molar refractivity (Wildman–Crippen MR) is 63.4 cm³/mol. The van der Waals surface area contributed by atoms with Crippen molar-refractivity contribution in [3.63, 3.8) is 0 Å². The van der Waals surface area contributed by atoms with Gasteiger partial charge in [0.15, 0.2) is 0 Å². The maximum Gasteiger partial charge on any atom is 0.0785 e. The van der Waals surface area contributed by atoms with Crippen molar-refractivity contribution in [1.29, 1.82) is 0 Å². The van der Waals surface area contributed by atoms with Gasteiger partial charge in [-0.15, -0.1) is 0 Å². The average molecular weight is 198 g/mol. The van der Waals surface area contributed by atoms with E-state index in [1.807, 2.05) is 0 Å². The highest BCUT2D eigenvalue weighted by molar-refractivity contribution is 5.15. The molecule has 0 N–H and O–H groups in total. The molecule has 1 heteroatoms. The van der Waals surface area contributed by atoms with E-state index in [1.165, 1.54) is 5.56 Å². The molecule has 0 saturated carbocycles. The summed E-state index contributed by atoms with van der Waals surface area (Å²) < 4.78 is 9.50. The molecule has 0 aliphatic rings. The van der Waals surface area contributed by atoms with Gasteiger partial charge in [0.2, 0.25) is 0 Å². The van der Waals surface area contributed by atoms with Crippen LogP contribution in [-0.2, 0) is 6.42 Å². The summed E-state index contributed by atoms with van der Waals surface area (Å²) in [5.74, 6) is 0. The van der Waals surface area contributed by atoms with Gasteiger partial charge in [0.05, 0.1) is 7.18 Å². The van der Waals surface area contributed by atoms with Crippen molar-refractivity contribution < 1.29 is 4.39 Å². The van der Waals surface area contributed by atoms with Crippen LogP contribution in [0.1, 0.15) is 33.8 Å². The predicted octanol–water partition coefficient (Wildman–Crippen LogP) is 4.50. The van der Waals surface area contributed by atoms with Crippen molar-refractivity contribution in [3.05, 3.63) is 35.9 Å². The third-order valence-corrected chi connectivity index (χ3v) is 1.58. The van der Waals surface area contributed by atoms with Gasteiger partial charge in [-0.1, -0.05) is 58.5 Å². The molecule has 0 spiro atoms. The second-order valence-corrected chi connectivity index (χ2v) is 4.22. The quantitative estimate of drug-likeness (QED) is 0.623. The minimum absolute atomic E-state index is 0. The molecule has 0 atom stereocenters. The lowest BCUT2D eigenvalue weighted by Gasteiger charge is -2.17. The first kappa shape index (κ1) is 15.6. The summed E-state index contributed by atoms with van der Waals surface area (Å²) in [5, 5.41) is 0. The summed E-state index contributed by atoms with van der Waals surface area (Å²) in [6.45, 7) is 6.79. The molecule has 14 heavy (non-hydrogen) atoms. The Bertz CT molecular complexity index is 208. The van der Waals surface area contributed by atoms with Crippen LogP contribution in [0, 0.1) is 5.41 Å². The number of hydrogen-bond acceptors (Lipinski definition) is 0. The second kappa shape index (κ2) is 7.54. The lowest BCUT2D eigenvalue weighted by atomic mass is 9.88. The van der Waals surface area contributed by atoms with Crippen LogP contribution in [0.25, 0.3) is 0 Å². The summed E-state index contributed by atoms with van der Waals surface area (Å²) in [6.07, 6.45) is 1.16. The van der Waals surface area contributed by atoms with Crippen LogP contribution in [-0.4, -0.2) is 7.18 Å². The highest BCUT2D eigenvalue weighted by Crippen LogP contribution is 2.19. The van der Waals surface area contributed by atoms with Gasteiger partial charge in [-0.3, -0.25) is 4.39 Å². The van der Waals surface area contributed by atoms with Gasteiger partial charge in [0.25, 0.3) is 0 Å². The number of benzene rings is 1. The zero-order chi connectivity index (χ0) is 10.3. The molecule has 0 aromatic heterocycles. The molecular formula is C13H23F. The Morgan fingerprint density at radius 2 is 1.43 bits per heavy atom. The molecule has 1 rings (SSSR count). The maximum absolute atomic E-state index is 9.50. The van der Waals surface area contributed by atoms with Crippen LogP contribution >= 0.6 is 0 Å². The van der Waals surface area contributed by atoms with Crippen molar-refractivity contribution >= 4 is 0 Å². The smallest absolute Gasteiger partial charge is 0.0785 e. The fourth-order valence-corrected chi connectivity index (χ4v) is 1.21. The minimum Gasteiger partial charge on any atom is -0.255 e. The van der Waals surface area contributed by atoms with Gasteiger partial charge in [-0.05, 0) is 17.4 Å². The van der Waals surface area contributed by atoms with Gasteiger partial charge >= 0.3 is 0 Å². The van der Waals surface area contributed by atoms with E-state index >= 15 is 0 Å². The largest absolute Gasteiger partial charge is 0.255 e. The molecule has 0 radical (unpaired) electrons. The Balaban J connectivity index is 0. The van der Waals surface area contributed by atoms with Crippen LogP contribution in [0.3, 0.4) is 0 Å². The average Bonchev–Trinajstić information content (AvgIpc) is 2.07. The van der Waals surface area contributed by atoms with Crippen LogP contribution in [0.4, 0.5) is 4.39 Å². The Labute approximate surface area is 88.2 Å². The second-order valence-electron chi connectivity index (χ2n) is 4.22. The highest BCUT2D eigenvalue weighted by Gasteiger charge is 2.09. The molecule has 0 unspecified atom stereocenters.